The molecule has 0 fully saturated rings. The minimum atomic E-state index is -0.620. The van der Waals surface area contributed by atoms with Crippen molar-refractivity contribution in [3.05, 3.63) is 29.3 Å². The van der Waals surface area contributed by atoms with Gasteiger partial charge in [0, 0.05) is 20.0 Å². The first-order valence-electron chi connectivity index (χ1n) is 8.39. The maximum Gasteiger partial charge on any atom is 0.412 e. The summed E-state index contributed by atoms with van der Waals surface area (Å²) in [5.41, 5.74) is 0.915. The smallest absolute Gasteiger partial charge is 0.412 e. The highest BCUT2D eigenvalue weighted by molar-refractivity contribution is 5.90. The molecule has 0 unspecified atom stereocenters. The molecule has 0 heterocycles. The summed E-state index contributed by atoms with van der Waals surface area (Å²) in [5, 5.41) is 5.21. The second-order valence-electron chi connectivity index (χ2n) is 5.96. The van der Waals surface area contributed by atoms with Gasteiger partial charge >= 0.3 is 12.1 Å². The predicted octanol–water partition coefficient (Wildman–Crippen LogP) is 1.19. The molecule has 144 valence electrons. The summed E-state index contributed by atoms with van der Waals surface area (Å²) in [5.74, 6) is -0.290. The minimum absolute atomic E-state index is 0.0990. The predicted molar refractivity (Wildman–Crippen MR) is 97.4 cm³/mol. The number of hydrogen-bond donors (Lipinski definition) is 2. The Morgan fingerprint density at radius 3 is 2.54 bits per heavy atom. The molecule has 0 saturated carbocycles. The van der Waals surface area contributed by atoms with Crippen LogP contribution >= 0.6 is 0 Å². The van der Waals surface area contributed by atoms with Crippen LogP contribution in [0.5, 0.6) is 5.75 Å². The Hall–Kier alpha value is -2.61. The molecule has 0 spiro atoms. The fourth-order valence-corrected chi connectivity index (χ4v) is 2.23. The lowest BCUT2D eigenvalue weighted by Crippen LogP contribution is -2.27. The summed E-state index contributed by atoms with van der Waals surface area (Å²) in [7, 11) is 6.69. The molecule has 0 radical (unpaired) electrons. The topological polar surface area (TPSA) is 97.0 Å². The van der Waals surface area contributed by atoms with Gasteiger partial charge in [0.05, 0.1) is 12.7 Å². The van der Waals surface area contributed by atoms with E-state index in [2.05, 4.69) is 10.6 Å². The van der Waals surface area contributed by atoms with E-state index in [1.54, 1.807) is 6.07 Å². The molecular formula is C18H27N3O5. The highest BCUT2D eigenvalue weighted by atomic mass is 16.6. The molecule has 1 aromatic rings. The van der Waals surface area contributed by atoms with Crippen molar-refractivity contribution in [1.29, 1.82) is 0 Å². The Morgan fingerprint density at radius 2 is 1.92 bits per heavy atom. The van der Waals surface area contributed by atoms with Gasteiger partial charge in [-0.1, -0.05) is 0 Å². The molecule has 0 aliphatic rings. The van der Waals surface area contributed by atoms with Crippen molar-refractivity contribution in [3.8, 4) is 5.75 Å². The maximum absolute atomic E-state index is 12.0. The number of carbonyl (C=O) groups excluding carboxylic acids is 3. The summed E-state index contributed by atoms with van der Waals surface area (Å²) in [4.78, 5) is 37.2. The van der Waals surface area contributed by atoms with Crippen molar-refractivity contribution in [1.82, 2.24) is 15.5 Å². The first kappa shape index (κ1) is 21.4. The molecule has 2 amide bonds. The molecule has 0 atom stereocenters. The van der Waals surface area contributed by atoms with E-state index in [9.17, 15) is 14.4 Å². The lowest BCUT2D eigenvalue weighted by molar-refractivity contribution is -0.121. The fraction of sp³-hybridized carbons (Fsp3) is 0.500. The molecule has 0 aliphatic heterocycles. The standard InChI is InChI=1S/C18H27N3O5/c1-19-18(24)26-15-8-6-14(17(23)25-4)12-13(15)7-9-16(22)20-10-5-11-21(2)3/h6,8,12H,5,7,9-11H2,1-4H3,(H,19,24)(H,20,22). The highest BCUT2D eigenvalue weighted by Crippen LogP contribution is 2.22. The van der Waals surface area contributed by atoms with E-state index in [0.29, 0.717) is 29.8 Å². The zero-order valence-electron chi connectivity index (χ0n) is 15.8. The van der Waals surface area contributed by atoms with E-state index >= 15 is 0 Å². The second kappa shape index (κ2) is 11.1. The van der Waals surface area contributed by atoms with E-state index in [0.717, 1.165) is 13.0 Å². The van der Waals surface area contributed by atoms with Crippen molar-refractivity contribution < 1.29 is 23.9 Å². The molecule has 26 heavy (non-hydrogen) atoms. The molecule has 1 aromatic carbocycles. The average molecular weight is 365 g/mol. The van der Waals surface area contributed by atoms with Crippen molar-refractivity contribution >= 4 is 18.0 Å². The van der Waals surface area contributed by atoms with E-state index < -0.39 is 12.1 Å². The maximum atomic E-state index is 12.0. The average Bonchev–Trinajstić information content (AvgIpc) is 2.63. The first-order valence-corrected chi connectivity index (χ1v) is 8.39. The number of nitrogens with one attached hydrogen (secondary N) is 2. The Morgan fingerprint density at radius 1 is 1.19 bits per heavy atom. The van der Waals surface area contributed by atoms with Crippen LogP contribution in [0.1, 0.15) is 28.8 Å². The number of hydrogen-bond acceptors (Lipinski definition) is 6. The van der Waals surface area contributed by atoms with Crippen LogP contribution < -0.4 is 15.4 Å². The van der Waals surface area contributed by atoms with Crippen LogP contribution in [0, 0.1) is 0 Å². The molecular weight excluding hydrogens is 338 g/mol. The van der Waals surface area contributed by atoms with Crippen LogP contribution in [0.15, 0.2) is 18.2 Å². The molecule has 1 rings (SSSR count). The summed E-state index contributed by atoms with van der Waals surface area (Å²) in [6.07, 6.45) is 0.791. The highest BCUT2D eigenvalue weighted by Gasteiger charge is 2.14. The molecule has 8 heteroatoms. The number of methoxy groups -OCH3 is 1. The van der Waals surface area contributed by atoms with Gasteiger partial charge in [-0.2, -0.15) is 0 Å². The van der Waals surface area contributed by atoms with E-state index in [4.69, 9.17) is 9.47 Å². The molecule has 8 nitrogen and oxygen atoms in total. The van der Waals surface area contributed by atoms with Crippen molar-refractivity contribution in [2.75, 3.05) is 41.3 Å². The SMILES string of the molecule is CNC(=O)Oc1ccc(C(=O)OC)cc1CCC(=O)NCCCN(C)C. The zero-order chi connectivity index (χ0) is 19.5. The van der Waals surface area contributed by atoms with Crippen molar-refractivity contribution in [3.63, 3.8) is 0 Å². The van der Waals surface area contributed by atoms with E-state index in [-0.39, 0.29) is 12.3 Å². The van der Waals surface area contributed by atoms with Crippen LogP contribution in [0.25, 0.3) is 0 Å². The van der Waals surface area contributed by atoms with Gasteiger partial charge in [-0.3, -0.25) is 4.79 Å². The van der Waals surface area contributed by atoms with Gasteiger partial charge in [-0.15, -0.1) is 0 Å². The number of aryl methyl sites for hydroxylation is 1. The minimum Gasteiger partial charge on any atom is -0.465 e. The van der Waals surface area contributed by atoms with Crippen LogP contribution in [0.4, 0.5) is 4.79 Å². The third-order valence-corrected chi connectivity index (χ3v) is 3.61. The molecule has 2 N–H and O–H groups in total. The van der Waals surface area contributed by atoms with Crippen LogP contribution in [-0.2, 0) is 16.0 Å². The number of amides is 2. The van der Waals surface area contributed by atoms with Crippen molar-refractivity contribution in [2.24, 2.45) is 0 Å². The monoisotopic (exact) mass is 365 g/mol. The Labute approximate surface area is 153 Å². The molecule has 0 aliphatic carbocycles. The Bertz CT molecular complexity index is 631. The third-order valence-electron chi connectivity index (χ3n) is 3.61. The lowest BCUT2D eigenvalue weighted by atomic mass is 10.0. The summed E-state index contributed by atoms with van der Waals surface area (Å²) in [6, 6.07) is 4.60. The fourth-order valence-electron chi connectivity index (χ4n) is 2.23. The number of rotatable bonds is 9. The first-order chi connectivity index (χ1) is 12.4. The molecule has 0 aromatic heterocycles. The number of nitrogens with zero attached hydrogens (tertiary/aromatic N) is 1. The summed E-state index contributed by atoms with van der Waals surface area (Å²) >= 11 is 0. The summed E-state index contributed by atoms with van der Waals surface area (Å²) < 4.78 is 9.88. The van der Waals surface area contributed by atoms with Gasteiger partial charge in [-0.25, -0.2) is 9.59 Å². The van der Waals surface area contributed by atoms with Gasteiger partial charge in [0.25, 0.3) is 0 Å². The lowest BCUT2D eigenvalue weighted by Gasteiger charge is -2.12. The molecule has 0 bridgehead atoms. The number of esters is 1. The normalized spacial score (nSPS) is 10.3. The Kier molecular flexibility index (Phi) is 9.14. The van der Waals surface area contributed by atoms with Crippen LogP contribution in [-0.4, -0.2) is 64.2 Å². The number of benzene rings is 1. The largest absolute Gasteiger partial charge is 0.465 e. The Balaban J connectivity index is 2.72. The van der Waals surface area contributed by atoms with Gasteiger partial charge < -0.3 is 25.0 Å². The number of carbonyl (C=O) groups is 3. The number of ether oxygens (including phenoxy) is 2. The van der Waals surface area contributed by atoms with Gasteiger partial charge in [-0.05, 0) is 57.2 Å². The van der Waals surface area contributed by atoms with Gasteiger partial charge in [0.15, 0.2) is 0 Å². The van der Waals surface area contributed by atoms with E-state index in [1.807, 2.05) is 19.0 Å². The quantitative estimate of drug-likeness (QED) is 0.504. The zero-order valence-corrected chi connectivity index (χ0v) is 15.8. The van der Waals surface area contributed by atoms with Gasteiger partial charge in [0.2, 0.25) is 5.91 Å². The van der Waals surface area contributed by atoms with Crippen LogP contribution in [0.3, 0.4) is 0 Å². The third kappa shape index (κ3) is 7.52. The second-order valence-corrected chi connectivity index (χ2v) is 5.96. The summed E-state index contributed by atoms with van der Waals surface area (Å²) in [6.45, 7) is 1.49. The van der Waals surface area contributed by atoms with Gasteiger partial charge in [0.1, 0.15) is 5.75 Å². The van der Waals surface area contributed by atoms with Crippen LogP contribution in [0.2, 0.25) is 0 Å². The molecule has 0 saturated heterocycles. The van der Waals surface area contributed by atoms with Crippen molar-refractivity contribution in [2.45, 2.75) is 19.3 Å². The van der Waals surface area contributed by atoms with E-state index in [1.165, 1.54) is 26.3 Å².